The fourth-order valence-electron chi connectivity index (χ4n) is 5.23. The van der Waals surface area contributed by atoms with Crippen LogP contribution in [0.1, 0.15) is 83.4 Å². The molecule has 1 aromatic rings. The summed E-state index contributed by atoms with van der Waals surface area (Å²) in [5.41, 5.74) is 1.18. The van der Waals surface area contributed by atoms with Gasteiger partial charge in [-0.2, -0.15) is 5.26 Å². The van der Waals surface area contributed by atoms with Crippen LogP contribution in [0.15, 0.2) is 9.70 Å². The summed E-state index contributed by atoms with van der Waals surface area (Å²) in [4.78, 5) is 31.4. The van der Waals surface area contributed by atoms with Crippen molar-refractivity contribution in [3.63, 3.8) is 0 Å². The molecular formula is C28H40N4O3S2. The van der Waals surface area contributed by atoms with E-state index in [0.717, 1.165) is 43.5 Å². The van der Waals surface area contributed by atoms with Gasteiger partial charge >= 0.3 is 0 Å². The molecule has 3 heterocycles. The normalized spacial score (nSPS) is 22.1. The number of carbonyl (C=O) groups is 1. The van der Waals surface area contributed by atoms with E-state index in [1.807, 2.05) is 26.8 Å². The lowest BCUT2D eigenvalue weighted by Crippen LogP contribution is -2.48. The summed E-state index contributed by atoms with van der Waals surface area (Å²) in [6.45, 7) is 14.6. The highest BCUT2D eigenvalue weighted by Crippen LogP contribution is 2.37. The van der Waals surface area contributed by atoms with Crippen molar-refractivity contribution >= 4 is 46.1 Å². The summed E-state index contributed by atoms with van der Waals surface area (Å²) in [6.07, 6.45) is 6.92. The van der Waals surface area contributed by atoms with Crippen molar-refractivity contribution in [3.8, 4) is 6.07 Å². The fourth-order valence-corrected chi connectivity index (χ4v) is 6.49. The van der Waals surface area contributed by atoms with Gasteiger partial charge in [0, 0.05) is 31.7 Å². The number of hydrogen-bond acceptors (Lipinski definition) is 7. The smallest absolute Gasteiger partial charge is 0.270 e. The molecule has 2 aliphatic rings. The van der Waals surface area contributed by atoms with E-state index < -0.39 is 0 Å². The van der Waals surface area contributed by atoms with Gasteiger partial charge in [-0.15, -0.1) is 0 Å². The first-order valence-electron chi connectivity index (χ1n) is 13.5. The number of amides is 1. The molecule has 0 spiro atoms. The summed E-state index contributed by atoms with van der Waals surface area (Å²) in [5.74, 6) is 1.07. The minimum absolute atomic E-state index is 0.00923. The third kappa shape index (κ3) is 6.47. The quantitative estimate of drug-likeness (QED) is 0.285. The third-order valence-corrected chi connectivity index (χ3v) is 8.52. The number of rotatable bonds is 10. The largest absolute Gasteiger partial charge is 0.372 e. The number of pyridine rings is 1. The molecule has 1 amide bonds. The van der Waals surface area contributed by atoms with Crippen molar-refractivity contribution in [3.05, 3.63) is 31.9 Å². The molecule has 3 unspecified atom stereocenters. The molecule has 2 fully saturated rings. The Labute approximate surface area is 230 Å². The average molecular weight is 545 g/mol. The predicted molar refractivity (Wildman–Crippen MR) is 156 cm³/mol. The highest BCUT2D eigenvalue weighted by atomic mass is 32.2. The van der Waals surface area contributed by atoms with Crippen molar-refractivity contribution in [2.24, 2.45) is 5.92 Å². The minimum Gasteiger partial charge on any atom is -0.372 e. The maximum Gasteiger partial charge on any atom is 0.270 e. The second kappa shape index (κ2) is 13.1. The Balaban J connectivity index is 2.12. The van der Waals surface area contributed by atoms with Gasteiger partial charge in [0.15, 0.2) is 0 Å². The maximum absolute atomic E-state index is 13.6. The predicted octanol–water partition coefficient (Wildman–Crippen LogP) is 5.47. The molecule has 0 aromatic carbocycles. The van der Waals surface area contributed by atoms with E-state index in [1.165, 1.54) is 11.8 Å². The van der Waals surface area contributed by atoms with E-state index in [2.05, 4.69) is 24.8 Å². The minimum atomic E-state index is -0.282. The van der Waals surface area contributed by atoms with Gasteiger partial charge < -0.3 is 9.64 Å². The number of ether oxygens (including phenoxy) is 1. The molecule has 0 aliphatic carbocycles. The van der Waals surface area contributed by atoms with Crippen LogP contribution in [-0.2, 0) is 16.1 Å². The molecule has 202 valence electrons. The van der Waals surface area contributed by atoms with Gasteiger partial charge in [0.05, 0.1) is 17.1 Å². The molecule has 0 N–H and O–H groups in total. The average Bonchev–Trinajstić information content (AvgIpc) is 3.11. The summed E-state index contributed by atoms with van der Waals surface area (Å²) in [7, 11) is 0. The van der Waals surface area contributed by atoms with Crippen LogP contribution in [0, 0.1) is 24.2 Å². The van der Waals surface area contributed by atoms with Gasteiger partial charge in [-0.3, -0.25) is 19.1 Å². The van der Waals surface area contributed by atoms with Gasteiger partial charge in [-0.1, -0.05) is 64.0 Å². The lowest BCUT2D eigenvalue weighted by Gasteiger charge is -2.39. The molecule has 0 bridgehead atoms. The first kappa shape index (κ1) is 29.4. The van der Waals surface area contributed by atoms with Crippen molar-refractivity contribution in [1.82, 2.24) is 9.47 Å². The third-order valence-electron chi connectivity index (χ3n) is 7.15. The lowest BCUT2D eigenvalue weighted by atomic mass is 9.99. The number of aromatic nitrogens is 1. The van der Waals surface area contributed by atoms with E-state index in [9.17, 15) is 14.9 Å². The number of anilines is 1. The van der Waals surface area contributed by atoms with Crippen LogP contribution in [0.25, 0.3) is 6.08 Å². The number of nitriles is 1. The molecule has 37 heavy (non-hydrogen) atoms. The van der Waals surface area contributed by atoms with E-state index in [0.29, 0.717) is 46.9 Å². The van der Waals surface area contributed by atoms with Crippen LogP contribution in [0.5, 0.6) is 0 Å². The Bertz CT molecular complexity index is 1140. The maximum atomic E-state index is 13.6. The second-order valence-electron chi connectivity index (χ2n) is 10.2. The fraction of sp³-hybridized carbons (Fsp3) is 0.643. The molecule has 3 rings (SSSR count). The number of carbonyl (C=O) groups excluding carboxylic acids is 1. The highest BCUT2D eigenvalue weighted by Gasteiger charge is 2.35. The number of thioether (sulfide) groups is 1. The topological polar surface area (TPSA) is 78.6 Å². The zero-order valence-corrected chi connectivity index (χ0v) is 24.6. The van der Waals surface area contributed by atoms with Crippen LogP contribution in [0.3, 0.4) is 0 Å². The monoisotopic (exact) mass is 544 g/mol. The highest BCUT2D eigenvalue weighted by molar-refractivity contribution is 8.26. The lowest BCUT2D eigenvalue weighted by molar-refractivity contribution is -0.122. The Morgan fingerprint density at radius 3 is 2.43 bits per heavy atom. The number of thiocarbonyl (C=S) groups is 1. The number of hydrogen-bond donors (Lipinski definition) is 0. The molecule has 1 aromatic heterocycles. The molecule has 2 saturated heterocycles. The summed E-state index contributed by atoms with van der Waals surface area (Å²) in [5, 5.41) is 9.88. The van der Waals surface area contributed by atoms with Crippen LogP contribution in [0.2, 0.25) is 0 Å². The van der Waals surface area contributed by atoms with Crippen molar-refractivity contribution < 1.29 is 9.53 Å². The van der Waals surface area contributed by atoms with E-state index >= 15 is 0 Å². The zero-order valence-electron chi connectivity index (χ0n) is 23.0. The Morgan fingerprint density at radius 1 is 1.19 bits per heavy atom. The van der Waals surface area contributed by atoms with Gasteiger partial charge in [0.1, 0.15) is 21.8 Å². The van der Waals surface area contributed by atoms with Gasteiger partial charge in [-0.05, 0) is 51.2 Å². The molecule has 9 heteroatoms. The Kier molecular flexibility index (Phi) is 10.4. The number of unbranched alkanes of at least 4 members (excludes halogenated alkanes) is 1. The Morgan fingerprint density at radius 2 is 1.86 bits per heavy atom. The van der Waals surface area contributed by atoms with Gasteiger partial charge in [0.2, 0.25) is 0 Å². The van der Waals surface area contributed by atoms with E-state index in [-0.39, 0.29) is 29.2 Å². The van der Waals surface area contributed by atoms with Gasteiger partial charge in [0.25, 0.3) is 11.5 Å². The van der Waals surface area contributed by atoms with E-state index in [1.54, 1.807) is 16.4 Å². The van der Waals surface area contributed by atoms with Crippen LogP contribution >= 0.6 is 24.0 Å². The van der Waals surface area contributed by atoms with Crippen molar-refractivity contribution in [2.45, 2.75) is 92.4 Å². The molecule has 0 saturated carbocycles. The molecule has 0 radical (unpaired) electrons. The van der Waals surface area contributed by atoms with Gasteiger partial charge in [-0.25, -0.2) is 0 Å². The Hall–Kier alpha value is -2.15. The van der Waals surface area contributed by atoms with Crippen molar-refractivity contribution in [2.75, 3.05) is 24.5 Å². The van der Waals surface area contributed by atoms with Crippen LogP contribution < -0.4 is 10.5 Å². The summed E-state index contributed by atoms with van der Waals surface area (Å²) < 4.78 is 8.24. The first-order valence-corrected chi connectivity index (χ1v) is 14.7. The number of nitrogens with zero attached hydrogens (tertiary/aromatic N) is 4. The summed E-state index contributed by atoms with van der Waals surface area (Å²) in [6, 6.07) is 2.12. The van der Waals surface area contributed by atoms with Crippen LogP contribution in [-0.4, -0.2) is 51.5 Å². The zero-order chi connectivity index (χ0) is 27.3. The van der Waals surface area contributed by atoms with E-state index in [4.69, 9.17) is 17.0 Å². The molecule has 2 aliphatic heterocycles. The first-order chi connectivity index (χ1) is 17.7. The molecule has 3 atom stereocenters. The molecular weight excluding hydrogens is 504 g/mol. The number of morpholine rings is 1. The van der Waals surface area contributed by atoms with Crippen molar-refractivity contribution in [1.29, 1.82) is 5.26 Å². The SMILES string of the molecule is CCCCC(CC)CN1C(=O)C(=Cc2c(C)c(C#N)c(=O)n(CCC)c2N2CC(C)OC(C)C2)SC1=S. The second-order valence-corrected chi connectivity index (χ2v) is 11.9. The summed E-state index contributed by atoms with van der Waals surface area (Å²) >= 11 is 6.95. The molecule has 7 nitrogen and oxygen atoms in total. The van der Waals surface area contributed by atoms with Crippen LogP contribution in [0.4, 0.5) is 5.82 Å². The standard InChI is InChI=1S/C28H40N4O3S2/c1-7-10-11-21(9-3)17-32-27(34)24(37-28(32)36)13-22-20(6)23(14-29)26(33)31(12-8-2)25(22)30-15-18(4)35-19(5)16-30/h13,18-19,21H,7-12,15-17H2,1-6H3.